The molecule has 0 aromatic heterocycles. The zero-order valence-electron chi connectivity index (χ0n) is 13.2. The van der Waals surface area contributed by atoms with Crippen molar-refractivity contribution < 1.29 is 38.1 Å². The zero-order chi connectivity index (χ0) is 17.7. The molecule has 0 unspecified atom stereocenters. The van der Waals surface area contributed by atoms with Crippen molar-refractivity contribution in [2.24, 2.45) is 0 Å². The minimum Gasteiger partial charge on any atom is -0.458 e. The van der Waals surface area contributed by atoms with Crippen molar-refractivity contribution in [3.8, 4) is 0 Å². The van der Waals surface area contributed by atoms with Crippen LogP contribution in [-0.4, -0.2) is 53.1 Å². The number of esters is 4. The molecule has 5 atom stereocenters. The molecular weight excluding hydrogens is 376 g/mol. The summed E-state index contributed by atoms with van der Waals surface area (Å²) in [5.41, 5.74) is 0. The third kappa shape index (κ3) is 5.81. The van der Waals surface area contributed by atoms with Gasteiger partial charge in [-0.2, -0.15) is 0 Å². The number of alkyl halides is 1. The molecule has 1 fully saturated rings. The topological polar surface area (TPSA) is 105 Å². The van der Waals surface area contributed by atoms with Crippen LogP contribution in [0.3, 0.4) is 0 Å². The molecule has 0 aliphatic heterocycles. The largest absolute Gasteiger partial charge is 0.458 e. The lowest BCUT2D eigenvalue weighted by Gasteiger charge is -2.42. The first kappa shape index (κ1) is 19.4. The highest BCUT2D eigenvalue weighted by atomic mass is 79.9. The Hall–Kier alpha value is -1.64. The van der Waals surface area contributed by atoms with Gasteiger partial charge in [-0.25, -0.2) is 0 Å². The van der Waals surface area contributed by atoms with Gasteiger partial charge in [0.2, 0.25) is 0 Å². The third-order valence-electron chi connectivity index (χ3n) is 3.05. The number of halogens is 1. The molecule has 0 saturated heterocycles. The van der Waals surface area contributed by atoms with Crippen LogP contribution in [0, 0.1) is 0 Å². The van der Waals surface area contributed by atoms with Gasteiger partial charge in [-0.1, -0.05) is 15.9 Å². The summed E-state index contributed by atoms with van der Waals surface area (Å²) in [6.45, 7) is 4.78. The molecular formula is C14H19BrO8. The Morgan fingerprint density at radius 1 is 0.696 bits per heavy atom. The Bertz CT molecular complexity index is 491. The number of hydrogen-bond acceptors (Lipinski definition) is 8. The molecule has 9 heteroatoms. The summed E-state index contributed by atoms with van der Waals surface area (Å²) in [7, 11) is 0. The minimum atomic E-state index is -1.09. The fourth-order valence-electron chi connectivity index (χ4n) is 2.42. The van der Waals surface area contributed by atoms with Crippen molar-refractivity contribution in [3.63, 3.8) is 0 Å². The van der Waals surface area contributed by atoms with Crippen LogP contribution in [0.5, 0.6) is 0 Å². The Labute approximate surface area is 141 Å². The lowest BCUT2D eigenvalue weighted by Crippen LogP contribution is -2.59. The Morgan fingerprint density at radius 3 is 1.52 bits per heavy atom. The fourth-order valence-corrected chi connectivity index (χ4v) is 3.19. The normalized spacial score (nSPS) is 30.0. The molecule has 1 aliphatic rings. The summed E-state index contributed by atoms with van der Waals surface area (Å²) in [4.78, 5) is 44.9. The van der Waals surface area contributed by atoms with Crippen molar-refractivity contribution >= 4 is 39.8 Å². The van der Waals surface area contributed by atoms with Gasteiger partial charge in [0.1, 0.15) is 6.10 Å². The molecule has 0 bridgehead atoms. The van der Waals surface area contributed by atoms with Crippen molar-refractivity contribution in [2.45, 2.75) is 63.4 Å². The summed E-state index contributed by atoms with van der Waals surface area (Å²) in [5.74, 6) is -2.44. The lowest BCUT2D eigenvalue weighted by molar-refractivity contribution is -0.207. The van der Waals surface area contributed by atoms with Gasteiger partial charge in [0.15, 0.2) is 18.3 Å². The summed E-state index contributed by atoms with van der Waals surface area (Å²) < 4.78 is 20.7. The van der Waals surface area contributed by atoms with E-state index in [1.807, 2.05) is 0 Å². The quantitative estimate of drug-likeness (QED) is 0.393. The van der Waals surface area contributed by atoms with E-state index in [0.29, 0.717) is 0 Å². The molecule has 1 saturated carbocycles. The highest BCUT2D eigenvalue weighted by Gasteiger charge is 2.51. The van der Waals surface area contributed by atoms with Gasteiger partial charge in [-0.05, 0) is 0 Å². The summed E-state index contributed by atoms with van der Waals surface area (Å²) >= 11 is 3.34. The second-order valence-electron chi connectivity index (χ2n) is 5.12. The van der Waals surface area contributed by atoms with Gasteiger partial charge in [0.25, 0.3) is 0 Å². The van der Waals surface area contributed by atoms with Gasteiger partial charge in [0, 0.05) is 34.1 Å². The maximum Gasteiger partial charge on any atom is 0.303 e. The molecule has 0 aromatic rings. The molecule has 0 radical (unpaired) electrons. The standard InChI is InChI=1S/C14H19BrO8/c1-6(16)20-11-5-10(15)12(21-7(2)17)14(23-9(4)19)13(11)22-8(3)18/h10-14H,5H2,1-4H3/t10-,11-,12+,13-,14-/m0/s1. The predicted octanol–water partition coefficient (Wildman–Crippen LogP) is 0.880. The van der Waals surface area contributed by atoms with E-state index in [1.165, 1.54) is 27.7 Å². The highest BCUT2D eigenvalue weighted by Crippen LogP contribution is 2.34. The van der Waals surface area contributed by atoms with Gasteiger partial charge in [-0.15, -0.1) is 0 Å². The van der Waals surface area contributed by atoms with E-state index in [2.05, 4.69) is 15.9 Å². The summed E-state index contributed by atoms with van der Waals surface area (Å²) in [6.07, 6.45) is -3.67. The number of rotatable bonds is 4. The zero-order valence-corrected chi connectivity index (χ0v) is 14.8. The first-order chi connectivity index (χ1) is 10.6. The summed E-state index contributed by atoms with van der Waals surface area (Å²) in [5, 5.41) is 0. The average Bonchev–Trinajstić information content (AvgIpc) is 2.36. The molecule has 23 heavy (non-hydrogen) atoms. The molecule has 1 rings (SSSR count). The maximum atomic E-state index is 11.4. The van der Waals surface area contributed by atoms with Gasteiger partial charge < -0.3 is 18.9 Å². The van der Waals surface area contributed by atoms with Crippen molar-refractivity contribution in [1.29, 1.82) is 0 Å². The van der Waals surface area contributed by atoms with Crippen LogP contribution < -0.4 is 0 Å². The second kappa shape index (κ2) is 8.28. The molecule has 1 aliphatic carbocycles. The van der Waals surface area contributed by atoms with Gasteiger partial charge >= 0.3 is 23.9 Å². The number of ether oxygens (including phenoxy) is 4. The van der Waals surface area contributed by atoms with Crippen LogP contribution in [0.1, 0.15) is 34.1 Å². The van der Waals surface area contributed by atoms with Crippen molar-refractivity contribution in [2.75, 3.05) is 0 Å². The number of carbonyl (C=O) groups excluding carboxylic acids is 4. The van der Waals surface area contributed by atoms with Crippen molar-refractivity contribution in [3.05, 3.63) is 0 Å². The van der Waals surface area contributed by atoms with E-state index >= 15 is 0 Å². The predicted molar refractivity (Wildman–Crippen MR) is 79.5 cm³/mol. The van der Waals surface area contributed by atoms with E-state index < -0.39 is 53.1 Å². The molecule has 0 N–H and O–H groups in total. The van der Waals surface area contributed by atoms with E-state index in [-0.39, 0.29) is 6.42 Å². The van der Waals surface area contributed by atoms with Crippen LogP contribution >= 0.6 is 15.9 Å². The molecule has 0 spiro atoms. The molecule has 8 nitrogen and oxygen atoms in total. The smallest absolute Gasteiger partial charge is 0.303 e. The monoisotopic (exact) mass is 394 g/mol. The maximum absolute atomic E-state index is 11.4. The molecule has 130 valence electrons. The van der Waals surface area contributed by atoms with Crippen LogP contribution in [-0.2, 0) is 38.1 Å². The highest BCUT2D eigenvalue weighted by molar-refractivity contribution is 9.09. The molecule has 0 aromatic carbocycles. The first-order valence-corrected chi connectivity index (χ1v) is 7.86. The Kier molecular flexibility index (Phi) is 6.99. The van der Waals surface area contributed by atoms with Gasteiger partial charge in [0.05, 0.1) is 4.83 Å². The lowest BCUT2D eigenvalue weighted by atomic mass is 9.88. The minimum absolute atomic E-state index is 0.216. The third-order valence-corrected chi connectivity index (χ3v) is 3.95. The summed E-state index contributed by atoms with van der Waals surface area (Å²) in [6, 6.07) is 0. The van der Waals surface area contributed by atoms with Crippen molar-refractivity contribution in [1.82, 2.24) is 0 Å². The average molecular weight is 395 g/mol. The van der Waals surface area contributed by atoms with E-state index in [1.54, 1.807) is 0 Å². The Balaban J connectivity index is 3.15. The van der Waals surface area contributed by atoms with Crippen LogP contribution in [0.15, 0.2) is 0 Å². The number of hydrogen-bond donors (Lipinski definition) is 0. The van der Waals surface area contributed by atoms with Crippen LogP contribution in [0.4, 0.5) is 0 Å². The SMILES string of the molecule is CC(=O)O[C@@H]1[C@@H](OC(C)=O)[C@@H](OC(C)=O)C[C@H](Br)[C@H]1OC(C)=O. The fraction of sp³-hybridized carbons (Fsp3) is 0.714. The van der Waals surface area contributed by atoms with E-state index in [4.69, 9.17) is 18.9 Å². The van der Waals surface area contributed by atoms with Gasteiger partial charge in [-0.3, -0.25) is 19.2 Å². The van der Waals surface area contributed by atoms with E-state index in [9.17, 15) is 19.2 Å². The van der Waals surface area contributed by atoms with Crippen LogP contribution in [0.25, 0.3) is 0 Å². The second-order valence-corrected chi connectivity index (χ2v) is 6.30. The van der Waals surface area contributed by atoms with E-state index in [0.717, 1.165) is 0 Å². The first-order valence-electron chi connectivity index (χ1n) is 6.94. The number of carbonyl (C=O) groups is 4. The Morgan fingerprint density at radius 2 is 1.09 bits per heavy atom. The molecule has 0 amide bonds. The molecule has 0 heterocycles. The van der Waals surface area contributed by atoms with Crippen LogP contribution in [0.2, 0.25) is 0 Å².